The minimum absolute atomic E-state index is 0.142. The third kappa shape index (κ3) is 3.59. The molecule has 0 radical (unpaired) electrons. The molecule has 0 bridgehead atoms. The van der Waals surface area contributed by atoms with E-state index in [0.717, 1.165) is 11.3 Å². The fourth-order valence-electron chi connectivity index (χ4n) is 3.45. The van der Waals surface area contributed by atoms with Gasteiger partial charge in [0.1, 0.15) is 9.88 Å². The van der Waals surface area contributed by atoms with E-state index < -0.39 is 42.9 Å². The molecule has 28 heavy (non-hydrogen) atoms. The highest BCUT2D eigenvalue weighted by molar-refractivity contribution is 7.18. The van der Waals surface area contributed by atoms with Gasteiger partial charge in [-0.15, -0.1) is 11.3 Å². The fraction of sp³-hybridized carbons (Fsp3) is 0.667. The van der Waals surface area contributed by atoms with Crippen LogP contribution in [0.2, 0.25) is 0 Å². The summed E-state index contributed by atoms with van der Waals surface area (Å²) < 4.78 is 43.6. The third-order valence-electron chi connectivity index (χ3n) is 5.20. The van der Waals surface area contributed by atoms with Gasteiger partial charge in [-0.25, -0.2) is 4.79 Å². The van der Waals surface area contributed by atoms with Crippen molar-refractivity contribution >= 4 is 28.2 Å². The molecular formula is C18H23F3N2O4S. The molecule has 1 aliphatic carbocycles. The van der Waals surface area contributed by atoms with Crippen molar-refractivity contribution < 1.29 is 32.6 Å². The summed E-state index contributed by atoms with van der Waals surface area (Å²) in [5.41, 5.74) is 0.0691. The van der Waals surface area contributed by atoms with Crippen LogP contribution in [0.3, 0.4) is 0 Å². The number of thiophene rings is 1. The molecule has 0 spiro atoms. The molecule has 2 aliphatic rings. The molecule has 1 aromatic rings. The SMILES string of the molecule is CCOC(=O)c1sc2c(c1CC)C(=O)N(C1(C)CC1)C(O)N2CCC(F)(F)F. The Morgan fingerprint density at radius 3 is 2.50 bits per heavy atom. The van der Waals surface area contributed by atoms with Crippen LogP contribution in [-0.4, -0.2) is 53.1 Å². The van der Waals surface area contributed by atoms with E-state index in [-0.39, 0.29) is 22.0 Å². The molecule has 1 fully saturated rings. The summed E-state index contributed by atoms with van der Waals surface area (Å²) in [5.74, 6) is -1.06. The zero-order valence-corrected chi connectivity index (χ0v) is 16.7. The van der Waals surface area contributed by atoms with E-state index in [0.29, 0.717) is 24.8 Å². The summed E-state index contributed by atoms with van der Waals surface area (Å²) in [6.07, 6.45) is -5.39. The van der Waals surface area contributed by atoms with Crippen LogP contribution >= 0.6 is 11.3 Å². The Balaban J connectivity index is 2.10. The first-order valence-electron chi connectivity index (χ1n) is 9.22. The fourth-order valence-corrected chi connectivity index (χ4v) is 4.77. The van der Waals surface area contributed by atoms with Gasteiger partial charge in [0.05, 0.1) is 18.6 Å². The second-order valence-corrected chi connectivity index (χ2v) is 8.24. The molecule has 1 aromatic heterocycles. The summed E-state index contributed by atoms with van der Waals surface area (Å²) in [4.78, 5) is 28.2. The monoisotopic (exact) mass is 420 g/mol. The Bertz CT molecular complexity index is 789. The summed E-state index contributed by atoms with van der Waals surface area (Å²) in [7, 11) is 0. The average molecular weight is 420 g/mol. The molecule has 1 unspecified atom stereocenters. The molecule has 1 saturated carbocycles. The molecule has 6 nitrogen and oxygen atoms in total. The number of fused-ring (bicyclic) bond motifs is 1. The van der Waals surface area contributed by atoms with Crippen molar-refractivity contribution in [3.8, 4) is 0 Å². The Morgan fingerprint density at radius 2 is 2.00 bits per heavy atom. The number of anilines is 1. The molecule has 1 N–H and O–H groups in total. The quantitative estimate of drug-likeness (QED) is 0.713. The van der Waals surface area contributed by atoms with Gasteiger partial charge in [0.2, 0.25) is 6.35 Å². The Morgan fingerprint density at radius 1 is 1.36 bits per heavy atom. The molecule has 2 heterocycles. The first-order chi connectivity index (χ1) is 13.0. The maximum atomic E-state index is 13.2. The van der Waals surface area contributed by atoms with E-state index >= 15 is 0 Å². The topological polar surface area (TPSA) is 70.1 Å². The van der Waals surface area contributed by atoms with Gasteiger partial charge < -0.3 is 14.7 Å². The van der Waals surface area contributed by atoms with Crippen LogP contribution in [0, 0.1) is 0 Å². The van der Waals surface area contributed by atoms with Crippen LogP contribution in [0.15, 0.2) is 0 Å². The van der Waals surface area contributed by atoms with Crippen molar-refractivity contribution in [3.05, 3.63) is 16.0 Å². The smallest absolute Gasteiger partial charge is 0.390 e. The van der Waals surface area contributed by atoms with Gasteiger partial charge >= 0.3 is 12.1 Å². The number of hydrogen-bond donors (Lipinski definition) is 1. The largest absolute Gasteiger partial charge is 0.462 e. The maximum absolute atomic E-state index is 13.2. The number of halogens is 3. The van der Waals surface area contributed by atoms with E-state index in [1.165, 1.54) is 9.80 Å². The molecule has 156 valence electrons. The minimum atomic E-state index is -4.41. The van der Waals surface area contributed by atoms with Crippen LogP contribution in [0.4, 0.5) is 18.2 Å². The predicted octanol–water partition coefficient (Wildman–Crippen LogP) is 3.53. The van der Waals surface area contributed by atoms with Crippen LogP contribution in [0.1, 0.15) is 65.6 Å². The van der Waals surface area contributed by atoms with Gasteiger partial charge in [-0.05, 0) is 38.7 Å². The van der Waals surface area contributed by atoms with Crippen molar-refractivity contribution in [1.29, 1.82) is 0 Å². The molecule has 1 atom stereocenters. The summed E-state index contributed by atoms with van der Waals surface area (Å²) in [6.45, 7) is 4.85. The van der Waals surface area contributed by atoms with Gasteiger partial charge in [0, 0.05) is 12.1 Å². The Hall–Kier alpha value is -1.81. The molecule has 0 saturated heterocycles. The highest BCUT2D eigenvalue weighted by atomic mass is 32.1. The number of rotatable bonds is 6. The molecule has 1 aliphatic heterocycles. The highest BCUT2D eigenvalue weighted by Gasteiger charge is 2.54. The average Bonchev–Trinajstić information content (AvgIpc) is 3.20. The first kappa shape index (κ1) is 20.9. The number of nitrogens with zero attached hydrogens (tertiary/aromatic N) is 2. The summed E-state index contributed by atoms with van der Waals surface area (Å²) in [6, 6.07) is 0. The minimum Gasteiger partial charge on any atom is -0.462 e. The zero-order valence-electron chi connectivity index (χ0n) is 15.9. The van der Waals surface area contributed by atoms with Crippen LogP contribution in [-0.2, 0) is 11.2 Å². The van der Waals surface area contributed by atoms with Crippen molar-refractivity contribution in [3.63, 3.8) is 0 Å². The van der Waals surface area contributed by atoms with Gasteiger partial charge in [-0.3, -0.25) is 9.69 Å². The number of ether oxygens (including phenoxy) is 1. The van der Waals surface area contributed by atoms with Crippen molar-refractivity contribution in [2.45, 2.75) is 64.5 Å². The normalized spacial score (nSPS) is 21.0. The lowest BCUT2D eigenvalue weighted by atomic mass is 10.0. The number of amides is 1. The molecule has 1 amide bonds. The van der Waals surface area contributed by atoms with E-state index in [1.807, 2.05) is 0 Å². The maximum Gasteiger partial charge on any atom is 0.390 e. The van der Waals surface area contributed by atoms with Crippen LogP contribution in [0.25, 0.3) is 0 Å². The summed E-state index contributed by atoms with van der Waals surface area (Å²) >= 11 is 0.910. The van der Waals surface area contributed by atoms with E-state index in [9.17, 15) is 27.9 Å². The Labute approximate surface area is 164 Å². The standard InChI is InChI=1S/C18H23F3N2O4S/c1-4-10-11-13(24)23(17(3)6-7-17)16(26)22(9-8-18(19,20)21)14(11)28-12(10)15(25)27-5-2/h16,26H,4-9H2,1-3H3. The van der Waals surface area contributed by atoms with Crippen LogP contribution in [0.5, 0.6) is 0 Å². The number of aliphatic hydroxyl groups excluding tert-OH is 1. The second-order valence-electron chi connectivity index (χ2n) is 7.24. The lowest BCUT2D eigenvalue weighted by Gasteiger charge is -2.44. The number of carbonyl (C=O) groups excluding carboxylic acids is 2. The number of esters is 1. The molecule has 3 rings (SSSR count). The molecule has 0 aromatic carbocycles. The van der Waals surface area contributed by atoms with Gasteiger partial charge in [0.25, 0.3) is 5.91 Å². The van der Waals surface area contributed by atoms with Gasteiger partial charge in [0.15, 0.2) is 0 Å². The molecule has 10 heteroatoms. The van der Waals surface area contributed by atoms with Crippen molar-refractivity contribution in [1.82, 2.24) is 4.90 Å². The zero-order chi connectivity index (χ0) is 20.9. The highest BCUT2D eigenvalue weighted by Crippen LogP contribution is 2.49. The first-order valence-corrected chi connectivity index (χ1v) is 10.0. The lowest BCUT2D eigenvalue weighted by molar-refractivity contribution is -0.134. The number of aliphatic hydroxyl groups is 1. The number of carbonyl (C=O) groups is 2. The second kappa shape index (κ2) is 7.22. The lowest BCUT2D eigenvalue weighted by Crippen LogP contribution is -2.59. The third-order valence-corrected chi connectivity index (χ3v) is 6.45. The Kier molecular flexibility index (Phi) is 5.39. The number of hydrogen-bond acceptors (Lipinski definition) is 6. The van der Waals surface area contributed by atoms with E-state index in [2.05, 4.69) is 0 Å². The van der Waals surface area contributed by atoms with E-state index in [1.54, 1.807) is 20.8 Å². The van der Waals surface area contributed by atoms with E-state index in [4.69, 9.17) is 4.74 Å². The van der Waals surface area contributed by atoms with Crippen molar-refractivity contribution in [2.75, 3.05) is 18.1 Å². The molecular weight excluding hydrogens is 397 g/mol. The predicted molar refractivity (Wildman–Crippen MR) is 97.5 cm³/mol. The summed E-state index contributed by atoms with van der Waals surface area (Å²) in [5, 5.41) is 11.0. The number of alkyl halides is 3. The van der Waals surface area contributed by atoms with Crippen molar-refractivity contribution in [2.24, 2.45) is 0 Å². The van der Waals surface area contributed by atoms with Gasteiger partial charge in [-0.2, -0.15) is 13.2 Å². The van der Waals surface area contributed by atoms with Crippen LogP contribution < -0.4 is 4.90 Å². The van der Waals surface area contributed by atoms with Gasteiger partial charge in [-0.1, -0.05) is 6.92 Å².